The molecule has 33 heavy (non-hydrogen) atoms. The summed E-state index contributed by atoms with van der Waals surface area (Å²) in [7, 11) is -3.06. The van der Waals surface area contributed by atoms with Gasteiger partial charge in [-0.3, -0.25) is 9.69 Å². The Hall–Kier alpha value is -3.21. The van der Waals surface area contributed by atoms with Gasteiger partial charge in [-0.1, -0.05) is 0 Å². The van der Waals surface area contributed by atoms with E-state index >= 15 is 0 Å². The normalized spacial score (nSPS) is 22.2. The third-order valence-corrected chi connectivity index (χ3v) is 7.96. The average Bonchev–Trinajstić information content (AvgIpc) is 3.15. The molecule has 176 valence electrons. The molecule has 0 aliphatic carbocycles. The van der Waals surface area contributed by atoms with E-state index in [9.17, 15) is 22.4 Å². The van der Waals surface area contributed by atoms with Gasteiger partial charge in [-0.05, 0) is 37.3 Å². The number of halogens is 1. The van der Waals surface area contributed by atoms with Crippen molar-refractivity contribution >= 4 is 33.3 Å². The molecule has 2 aromatic rings. The number of sulfone groups is 1. The summed E-state index contributed by atoms with van der Waals surface area (Å²) < 4.78 is 44.0. The molecule has 0 spiro atoms. The maximum absolute atomic E-state index is 14.9. The number of pyridine rings is 1. The molecule has 2 aliphatic rings. The number of hydrogen-bond donors (Lipinski definition) is 1. The first-order valence-corrected chi connectivity index (χ1v) is 12.3. The van der Waals surface area contributed by atoms with Crippen molar-refractivity contribution in [1.29, 1.82) is 0 Å². The van der Waals surface area contributed by atoms with Crippen LogP contribution in [0.2, 0.25) is 0 Å². The number of nitrogens with zero attached hydrogens (tertiary/aromatic N) is 3. The van der Waals surface area contributed by atoms with Crippen LogP contribution in [-0.4, -0.2) is 68.7 Å². The number of anilines is 2. The molecular formula is C22H25FN4O5S. The van der Waals surface area contributed by atoms with Crippen LogP contribution in [0.1, 0.15) is 13.8 Å². The van der Waals surface area contributed by atoms with Crippen molar-refractivity contribution in [2.75, 3.05) is 41.7 Å². The van der Waals surface area contributed by atoms with Crippen LogP contribution < -0.4 is 15.1 Å². The lowest BCUT2D eigenvalue weighted by Crippen LogP contribution is -2.45. The molecule has 1 unspecified atom stereocenters. The number of cyclic esters (lactones) is 1. The minimum Gasteiger partial charge on any atom is -0.442 e. The van der Waals surface area contributed by atoms with Gasteiger partial charge in [0.15, 0.2) is 9.84 Å². The van der Waals surface area contributed by atoms with Crippen molar-refractivity contribution in [2.24, 2.45) is 0 Å². The summed E-state index contributed by atoms with van der Waals surface area (Å²) in [6.07, 6.45) is 0.448. The van der Waals surface area contributed by atoms with Gasteiger partial charge in [-0.2, -0.15) is 0 Å². The second-order valence-electron chi connectivity index (χ2n) is 8.25. The molecule has 0 bridgehead atoms. The summed E-state index contributed by atoms with van der Waals surface area (Å²) in [5.74, 6) is -0.0158. The fourth-order valence-electron chi connectivity index (χ4n) is 3.90. The Kier molecular flexibility index (Phi) is 6.24. The van der Waals surface area contributed by atoms with Crippen LogP contribution in [0, 0.1) is 5.82 Å². The monoisotopic (exact) mass is 476 g/mol. The zero-order valence-corrected chi connectivity index (χ0v) is 19.1. The molecule has 2 amide bonds. The lowest BCUT2D eigenvalue weighted by atomic mass is 10.1. The number of nitrogens with one attached hydrogen (secondary N) is 1. The number of amides is 2. The van der Waals surface area contributed by atoms with Gasteiger partial charge in [-0.15, -0.1) is 0 Å². The lowest BCUT2D eigenvalue weighted by molar-refractivity contribution is -0.119. The highest BCUT2D eigenvalue weighted by atomic mass is 32.2. The van der Waals surface area contributed by atoms with E-state index in [1.807, 2.05) is 4.90 Å². The van der Waals surface area contributed by atoms with Gasteiger partial charge in [0, 0.05) is 37.3 Å². The number of rotatable bonds is 5. The van der Waals surface area contributed by atoms with E-state index < -0.39 is 33.1 Å². The Balaban J connectivity index is 1.46. The Morgan fingerprint density at radius 3 is 2.70 bits per heavy atom. The fraction of sp³-hybridized carbons (Fsp3) is 0.409. The van der Waals surface area contributed by atoms with Gasteiger partial charge in [0.25, 0.3) is 0 Å². The standard InChI is InChI=1S/C22H25FN4O5S/c1-14-12-26(7-8-33(14,30)31)21-6-3-16(10-25-21)19-5-4-17(9-20(19)23)27-13-18(32-22(27)29)11-24-15(2)28/h3-6,9-10,14,18H,7-8,11-13H2,1-2H3,(H,24,28)/t14?,18-/m0/s1. The maximum atomic E-state index is 14.9. The van der Waals surface area contributed by atoms with Crippen LogP contribution in [-0.2, 0) is 19.4 Å². The molecule has 2 saturated heterocycles. The van der Waals surface area contributed by atoms with Gasteiger partial charge in [0.2, 0.25) is 5.91 Å². The lowest BCUT2D eigenvalue weighted by Gasteiger charge is -2.31. The summed E-state index contributed by atoms with van der Waals surface area (Å²) in [6, 6.07) is 7.96. The number of aromatic nitrogens is 1. The second-order valence-corrected chi connectivity index (χ2v) is 10.8. The molecule has 2 aliphatic heterocycles. The molecule has 3 heterocycles. The van der Waals surface area contributed by atoms with Gasteiger partial charge in [-0.25, -0.2) is 22.6 Å². The highest BCUT2D eigenvalue weighted by Crippen LogP contribution is 2.30. The first-order valence-electron chi connectivity index (χ1n) is 10.6. The van der Waals surface area contributed by atoms with Crippen molar-refractivity contribution in [2.45, 2.75) is 25.2 Å². The Morgan fingerprint density at radius 2 is 2.06 bits per heavy atom. The molecular weight excluding hydrogens is 451 g/mol. The molecule has 4 rings (SSSR count). The van der Waals surface area contributed by atoms with Crippen molar-refractivity contribution in [1.82, 2.24) is 10.3 Å². The van der Waals surface area contributed by atoms with Gasteiger partial charge >= 0.3 is 6.09 Å². The van der Waals surface area contributed by atoms with E-state index in [-0.39, 0.29) is 24.7 Å². The molecule has 0 radical (unpaired) electrons. The van der Waals surface area contributed by atoms with E-state index in [4.69, 9.17) is 4.74 Å². The van der Waals surface area contributed by atoms with E-state index in [2.05, 4.69) is 10.3 Å². The summed E-state index contributed by atoms with van der Waals surface area (Å²) in [6.45, 7) is 4.20. The van der Waals surface area contributed by atoms with Gasteiger partial charge in [0.1, 0.15) is 17.7 Å². The predicted molar refractivity (Wildman–Crippen MR) is 121 cm³/mol. The third kappa shape index (κ3) is 4.92. The van der Waals surface area contributed by atoms with Crippen LogP contribution in [0.4, 0.5) is 20.7 Å². The molecule has 0 saturated carbocycles. The van der Waals surface area contributed by atoms with Crippen molar-refractivity contribution < 1.29 is 27.1 Å². The predicted octanol–water partition coefficient (Wildman–Crippen LogP) is 1.97. The molecule has 9 nitrogen and oxygen atoms in total. The number of carbonyl (C=O) groups is 2. The summed E-state index contributed by atoms with van der Waals surface area (Å²) in [5, 5.41) is 2.13. The first kappa shape index (κ1) is 23.0. The second kappa shape index (κ2) is 8.97. The topological polar surface area (TPSA) is 109 Å². The molecule has 1 aromatic heterocycles. The van der Waals surface area contributed by atoms with Crippen LogP contribution in [0.3, 0.4) is 0 Å². The van der Waals surface area contributed by atoms with Crippen LogP contribution in [0.15, 0.2) is 36.5 Å². The molecule has 2 atom stereocenters. The highest BCUT2D eigenvalue weighted by molar-refractivity contribution is 7.92. The summed E-state index contributed by atoms with van der Waals surface area (Å²) >= 11 is 0. The van der Waals surface area contributed by atoms with Crippen molar-refractivity contribution in [3.05, 3.63) is 42.3 Å². The first-order chi connectivity index (χ1) is 15.6. The Bertz CT molecular complexity index is 1170. The molecule has 1 aromatic carbocycles. The van der Waals surface area contributed by atoms with E-state index in [1.165, 1.54) is 17.9 Å². The zero-order valence-electron chi connectivity index (χ0n) is 18.3. The van der Waals surface area contributed by atoms with E-state index in [1.54, 1.807) is 37.4 Å². The quantitative estimate of drug-likeness (QED) is 0.703. The zero-order chi connectivity index (χ0) is 23.8. The molecule has 11 heteroatoms. The fourth-order valence-corrected chi connectivity index (χ4v) is 5.18. The van der Waals surface area contributed by atoms with Crippen LogP contribution in [0.25, 0.3) is 11.1 Å². The number of carbonyl (C=O) groups excluding carboxylic acids is 2. The Morgan fingerprint density at radius 1 is 1.27 bits per heavy atom. The van der Waals surface area contributed by atoms with Crippen LogP contribution >= 0.6 is 0 Å². The number of ether oxygens (including phenoxy) is 1. The highest BCUT2D eigenvalue weighted by Gasteiger charge is 2.33. The minimum absolute atomic E-state index is 0.0816. The van der Waals surface area contributed by atoms with E-state index in [0.29, 0.717) is 35.7 Å². The molecule has 1 N–H and O–H groups in total. The average molecular weight is 477 g/mol. The van der Waals surface area contributed by atoms with E-state index in [0.717, 1.165) is 0 Å². The number of hydrogen-bond acceptors (Lipinski definition) is 7. The van der Waals surface area contributed by atoms with Gasteiger partial charge in [0.05, 0.1) is 29.8 Å². The maximum Gasteiger partial charge on any atom is 0.414 e. The third-order valence-electron chi connectivity index (χ3n) is 5.84. The molecule has 2 fully saturated rings. The number of benzene rings is 1. The largest absolute Gasteiger partial charge is 0.442 e. The summed E-state index contributed by atoms with van der Waals surface area (Å²) in [5.41, 5.74) is 1.25. The van der Waals surface area contributed by atoms with Crippen LogP contribution in [0.5, 0.6) is 0 Å². The van der Waals surface area contributed by atoms with Crippen molar-refractivity contribution in [3.63, 3.8) is 0 Å². The smallest absolute Gasteiger partial charge is 0.414 e. The summed E-state index contributed by atoms with van der Waals surface area (Å²) in [4.78, 5) is 30.9. The SMILES string of the molecule is CC(=O)NC[C@H]1CN(c2ccc(-c3ccc(N4CCS(=O)(=O)C(C)C4)nc3)c(F)c2)C(=O)O1. The Labute approximate surface area is 191 Å². The van der Waals surface area contributed by atoms with Crippen molar-refractivity contribution in [3.8, 4) is 11.1 Å². The minimum atomic E-state index is -3.06. The van der Waals surface area contributed by atoms with Gasteiger partial charge < -0.3 is 15.0 Å².